The van der Waals surface area contributed by atoms with Crippen LogP contribution in [0.5, 0.6) is 0 Å². The van der Waals surface area contributed by atoms with Gasteiger partial charge < -0.3 is 0 Å². The van der Waals surface area contributed by atoms with Crippen molar-refractivity contribution >= 4 is 27.5 Å². The normalized spacial score (nSPS) is 8.90. The molecular formula is C8H4BrCl. The SMILES string of the molecule is C#Cc1cc(Br)ccc1Cl. The molecule has 1 aromatic rings. The standard InChI is InChI=1S/C8H4BrCl/c1-2-6-5-7(9)3-4-8(6)10/h1,3-5H. The highest BCUT2D eigenvalue weighted by Crippen LogP contribution is 2.19. The third-order valence-corrected chi connectivity index (χ3v) is 1.91. The van der Waals surface area contributed by atoms with Crippen LogP contribution < -0.4 is 0 Å². The van der Waals surface area contributed by atoms with E-state index in [1.54, 1.807) is 6.07 Å². The van der Waals surface area contributed by atoms with E-state index in [0.29, 0.717) is 5.02 Å². The maximum Gasteiger partial charge on any atom is 0.0563 e. The lowest BCUT2D eigenvalue weighted by Gasteiger charge is -1.94. The quantitative estimate of drug-likeness (QED) is 0.584. The van der Waals surface area contributed by atoms with Gasteiger partial charge in [0.1, 0.15) is 0 Å². The first-order valence-electron chi connectivity index (χ1n) is 2.65. The van der Waals surface area contributed by atoms with Crippen molar-refractivity contribution in [2.75, 3.05) is 0 Å². The van der Waals surface area contributed by atoms with Crippen LogP contribution >= 0.6 is 27.5 Å². The molecular weight excluding hydrogens is 211 g/mol. The summed E-state index contributed by atoms with van der Waals surface area (Å²) >= 11 is 9.02. The van der Waals surface area contributed by atoms with E-state index in [1.807, 2.05) is 12.1 Å². The summed E-state index contributed by atoms with van der Waals surface area (Å²) in [5.41, 5.74) is 0.719. The van der Waals surface area contributed by atoms with E-state index in [-0.39, 0.29) is 0 Å². The molecule has 0 radical (unpaired) electrons. The summed E-state index contributed by atoms with van der Waals surface area (Å²) in [4.78, 5) is 0. The fraction of sp³-hybridized carbons (Fsp3) is 0. The monoisotopic (exact) mass is 214 g/mol. The van der Waals surface area contributed by atoms with Crippen molar-refractivity contribution in [1.29, 1.82) is 0 Å². The third kappa shape index (κ3) is 1.53. The van der Waals surface area contributed by atoms with Gasteiger partial charge in [-0.05, 0) is 18.2 Å². The molecule has 0 aliphatic heterocycles. The fourth-order valence-electron chi connectivity index (χ4n) is 0.608. The molecule has 0 amide bonds. The van der Waals surface area contributed by atoms with Crippen LogP contribution in [0, 0.1) is 12.3 Å². The Labute approximate surface area is 73.3 Å². The molecule has 0 atom stereocenters. The summed E-state index contributed by atoms with van der Waals surface area (Å²) in [6, 6.07) is 5.42. The highest BCUT2D eigenvalue weighted by Gasteiger charge is 1.95. The molecule has 1 aromatic carbocycles. The molecule has 0 nitrogen and oxygen atoms in total. The molecule has 0 spiro atoms. The molecule has 1 rings (SSSR count). The van der Waals surface area contributed by atoms with Gasteiger partial charge in [-0.15, -0.1) is 6.42 Å². The van der Waals surface area contributed by atoms with Crippen molar-refractivity contribution in [3.63, 3.8) is 0 Å². The van der Waals surface area contributed by atoms with Crippen LogP contribution in [0.25, 0.3) is 0 Å². The van der Waals surface area contributed by atoms with Crippen molar-refractivity contribution in [1.82, 2.24) is 0 Å². The largest absolute Gasteiger partial charge is 0.115 e. The van der Waals surface area contributed by atoms with Gasteiger partial charge in [-0.3, -0.25) is 0 Å². The number of benzene rings is 1. The van der Waals surface area contributed by atoms with E-state index in [4.69, 9.17) is 18.0 Å². The third-order valence-electron chi connectivity index (χ3n) is 1.08. The van der Waals surface area contributed by atoms with Crippen LogP contribution in [-0.4, -0.2) is 0 Å². The summed E-state index contributed by atoms with van der Waals surface area (Å²) in [5.74, 6) is 2.47. The molecule has 0 aliphatic rings. The summed E-state index contributed by atoms with van der Waals surface area (Å²) in [6.07, 6.45) is 5.16. The molecule has 0 N–H and O–H groups in total. The highest BCUT2D eigenvalue weighted by molar-refractivity contribution is 9.10. The molecule has 0 unspecified atom stereocenters. The van der Waals surface area contributed by atoms with E-state index in [9.17, 15) is 0 Å². The van der Waals surface area contributed by atoms with Crippen LogP contribution in [0.2, 0.25) is 5.02 Å². The lowest BCUT2D eigenvalue weighted by atomic mass is 10.2. The molecule has 0 aromatic heterocycles. The number of hydrogen-bond acceptors (Lipinski definition) is 0. The van der Waals surface area contributed by atoms with Gasteiger partial charge in [-0.2, -0.15) is 0 Å². The lowest BCUT2D eigenvalue weighted by Crippen LogP contribution is -1.74. The smallest absolute Gasteiger partial charge is 0.0563 e. The summed E-state index contributed by atoms with van der Waals surface area (Å²) in [5, 5.41) is 0.616. The van der Waals surface area contributed by atoms with Gasteiger partial charge in [-0.25, -0.2) is 0 Å². The van der Waals surface area contributed by atoms with Gasteiger partial charge in [0.25, 0.3) is 0 Å². The molecule has 0 aliphatic carbocycles. The first-order chi connectivity index (χ1) is 4.74. The first-order valence-corrected chi connectivity index (χ1v) is 3.83. The Bertz CT molecular complexity index is 286. The minimum absolute atomic E-state index is 0.616. The summed E-state index contributed by atoms with van der Waals surface area (Å²) in [6.45, 7) is 0. The Morgan fingerprint density at radius 3 is 2.70 bits per heavy atom. The maximum absolute atomic E-state index is 5.73. The predicted octanol–water partition coefficient (Wildman–Crippen LogP) is 3.08. The van der Waals surface area contributed by atoms with Gasteiger partial charge in [-0.1, -0.05) is 33.5 Å². The zero-order valence-corrected chi connectivity index (χ0v) is 7.41. The van der Waals surface area contributed by atoms with Crippen LogP contribution in [0.1, 0.15) is 5.56 Å². The lowest BCUT2D eigenvalue weighted by molar-refractivity contribution is 1.60. The Hall–Kier alpha value is -0.450. The van der Waals surface area contributed by atoms with Gasteiger partial charge in [0.15, 0.2) is 0 Å². The number of rotatable bonds is 0. The predicted molar refractivity (Wildman–Crippen MR) is 47.1 cm³/mol. The molecule has 2 heteroatoms. The summed E-state index contributed by atoms with van der Waals surface area (Å²) in [7, 11) is 0. The highest BCUT2D eigenvalue weighted by atomic mass is 79.9. The minimum Gasteiger partial charge on any atom is -0.115 e. The van der Waals surface area contributed by atoms with E-state index >= 15 is 0 Å². The number of halogens is 2. The minimum atomic E-state index is 0.616. The van der Waals surface area contributed by atoms with E-state index < -0.39 is 0 Å². The van der Waals surface area contributed by atoms with Crippen molar-refractivity contribution in [2.24, 2.45) is 0 Å². The second-order valence-corrected chi connectivity index (χ2v) is 3.09. The first kappa shape index (κ1) is 7.65. The molecule has 10 heavy (non-hydrogen) atoms. The van der Waals surface area contributed by atoms with Crippen LogP contribution in [-0.2, 0) is 0 Å². The van der Waals surface area contributed by atoms with Gasteiger partial charge in [0.2, 0.25) is 0 Å². The zero-order valence-electron chi connectivity index (χ0n) is 5.07. The van der Waals surface area contributed by atoms with Crippen molar-refractivity contribution in [3.05, 3.63) is 33.3 Å². The molecule has 0 bridgehead atoms. The molecule has 0 saturated heterocycles. The van der Waals surface area contributed by atoms with Crippen molar-refractivity contribution < 1.29 is 0 Å². The Balaban J connectivity index is 3.25. The second kappa shape index (κ2) is 3.09. The van der Waals surface area contributed by atoms with Crippen LogP contribution in [0.4, 0.5) is 0 Å². The van der Waals surface area contributed by atoms with Crippen molar-refractivity contribution in [2.45, 2.75) is 0 Å². The molecule has 0 heterocycles. The average Bonchev–Trinajstić information content (AvgIpc) is 1.94. The van der Waals surface area contributed by atoms with Gasteiger partial charge in [0.05, 0.1) is 5.02 Å². The van der Waals surface area contributed by atoms with Crippen molar-refractivity contribution in [3.8, 4) is 12.3 Å². The number of hydrogen-bond donors (Lipinski definition) is 0. The van der Waals surface area contributed by atoms with E-state index in [1.165, 1.54) is 0 Å². The number of terminal acetylenes is 1. The van der Waals surface area contributed by atoms with Crippen LogP contribution in [0.15, 0.2) is 22.7 Å². The maximum atomic E-state index is 5.73. The Kier molecular flexibility index (Phi) is 2.37. The summed E-state index contributed by atoms with van der Waals surface area (Å²) < 4.78 is 0.949. The fourth-order valence-corrected chi connectivity index (χ4v) is 1.14. The van der Waals surface area contributed by atoms with Gasteiger partial charge in [0, 0.05) is 10.0 Å². The zero-order chi connectivity index (χ0) is 7.56. The second-order valence-electron chi connectivity index (χ2n) is 1.77. The van der Waals surface area contributed by atoms with Crippen LogP contribution in [0.3, 0.4) is 0 Å². The topological polar surface area (TPSA) is 0 Å². The van der Waals surface area contributed by atoms with Gasteiger partial charge >= 0.3 is 0 Å². The average molecular weight is 215 g/mol. The molecule has 50 valence electrons. The van der Waals surface area contributed by atoms with E-state index in [2.05, 4.69) is 21.9 Å². The molecule has 0 saturated carbocycles. The Morgan fingerprint density at radius 2 is 2.20 bits per heavy atom. The Morgan fingerprint density at radius 1 is 1.50 bits per heavy atom. The molecule has 0 fully saturated rings. The van der Waals surface area contributed by atoms with E-state index in [0.717, 1.165) is 10.0 Å².